The molecule has 3 aliphatic heterocycles. The number of nitrogens with zero attached hydrogens (tertiary/aromatic N) is 3. The Morgan fingerprint density at radius 1 is 1.20 bits per heavy atom. The average molecular weight is 575 g/mol. The van der Waals surface area contributed by atoms with Crippen molar-refractivity contribution in [2.45, 2.75) is 109 Å². The topological polar surface area (TPSA) is 140 Å². The highest BCUT2D eigenvalue weighted by atomic mass is 19.1. The maximum absolute atomic E-state index is 14.9. The van der Waals surface area contributed by atoms with Gasteiger partial charge in [-0.2, -0.15) is 5.26 Å². The number of amides is 2. The first kappa shape index (κ1) is 31.8. The molecule has 6 N–H and O–H groups in total. The lowest BCUT2D eigenvalue weighted by atomic mass is 9.73. The van der Waals surface area contributed by atoms with E-state index in [4.69, 9.17) is 11.5 Å². The number of likely N-dealkylation sites (tertiary alicyclic amines) is 1. The van der Waals surface area contributed by atoms with E-state index in [2.05, 4.69) is 30.6 Å². The van der Waals surface area contributed by atoms with Gasteiger partial charge in [0.15, 0.2) is 18.4 Å². The van der Waals surface area contributed by atoms with E-state index >= 15 is 0 Å². The summed E-state index contributed by atoms with van der Waals surface area (Å²) in [6, 6.07) is 1.87. The maximum Gasteiger partial charge on any atom is 0.243 e. The molecule has 10 heteroatoms. The third kappa shape index (κ3) is 7.29. The molecule has 4 rings (SSSR count). The molecule has 1 aliphatic carbocycles. The number of piperidine rings is 2. The number of alkyl halides is 1. The minimum absolute atomic E-state index is 0.00438. The molecule has 230 valence electrons. The molecule has 41 heavy (non-hydrogen) atoms. The minimum Gasteiger partial charge on any atom is -0.351 e. The molecule has 0 aromatic heterocycles. The van der Waals surface area contributed by atoms with Crippen LogP contribution in [0.2, 0.25) is 0 Å². The normalized spacial score (nSPS) is 33.5. The van der Waals surface area contributed by atoms with E-state index in [0.717, 1.165) is 51.5 Å². The summed E-state index contributed by atoms with van der Waals surface area (Å²) in [4.78, 5) is 28.8. The fourth-order valence-electron chi connectivity index (χ4n) is 7.65. The van der Waals surface area contributed by atoms with Crippen LogP contribution in [0.5, 0.6) is 0 Å². The zero-order valence-electron chi connectivity index (χ0n) is 25.4. The highest BCUT2D eigenvalue weighted by Crippen LogP contribution is 2.47. The fraction of sp³-hybridized carbons (Fsp3) is 0.871. The Hall–Kier alpha value is -2.09. The number of carbonyl (C=O) groups is 2. The molecule has 1 saturated carbocycles. The monoisotopic (exact) mass is 574 g/mol. The van der Waals surface area contributed by atoms with E-state index in [-0.39, 0.29) is 35.2 Å². The van der Waals surface area contributed by atoms with Gasteiger partial charge in [-0.1, -0.05) is 20.3 Å². The van der Waals surface area contributed by atoms with E-state index in [9.17, 15) is 19.2 Å². The summed E-state index contributed by atoms with van der Waals surface area (Å²) in [6.07, 6.45) is 7.65. The Kier molecular flexibility index (Phi) is 10.5. The number of hydrogen-bond acceptors (Lipinski definition) is 6. The molecule has 6 atom stereocenters. The second-order valence-electron chi connectivity index (χ2n) is 13.5. The van der Waals surface area contributed by atoms with Crippen molar-refractivity contribution in [1.82, 2.24) is 15.5 Å². The first-order valence-electron chi connectivity index (χ1n) is 16.0. The highest BCUT2D eigenvalue weighted by molar-refractivity contribution is 5.88. The smallest absolute Gasteiger partial charge is 0.243 e. The quantitative estimate of drug-likeness (QED) is 0.259. The van der Waals surface area contributed by atoms with Crippen LogP contribution in [0.3, 0.4) is 0 Å². The second-order valence-corrected chi connectivity index (χ2v) is 13.5. The van der Waals surface area contributed by atoms with E-state index in [1.165, 1.54) is 0 Å². The van der Waals surface area contributed by atoms with Gasteiger partial charge in [-0.25, -0.2) is 8.97 Å². The lowest BCUT2D eigenvalue weighted by Gasteiger charge is -2.43. The van der Waals surface area contributed by atoms with Crippen LogP contribution in [0.1, 0.15) is 85.0 Å². The van der Waals surface area contributed by atoms with Crippen LogP contribution in [0.25, 0.3) is 0 Å². The van der Waals surface area contributed by atoms with Crippen LogP contribution in [0.4, 0.5) is 4.39 Å². The molecule has 6 unspecified atom stereocenters. The van der Waals surface area contributed by atoms with Gasteiger partial charge in [-0.3, -0.25) is 9.59 Å². The largest absolute Gasteiger partial charge is 0.351 e. The van der Waals surface area contributed by atoms with Gasteiger partial charge in [-0.15, -0.1) is 0 Å². The van der Waals surface area contributed by atoms with Crippen molar-refractivity contribution in [2.75, 3.05) is 32.7 Å². The molecular formula is C31H53FN7O2+. The summed E-state index contributed by atoms with van der Waals surface area (Å²) in [5.41, 5.74) is 11.9. The number of rotatable bonds is 8. The lowest BCUT2D eigenvalue weighted by Crippen LogP contribution is -2.61. The molecule has 9 nitrogen and oxygen atoms in total. The summed E-state index contributed by atoms with van der Waals surface area (Å²) in [5, 5.41) is 16.3. The molecule has 3 heterocycles. The maximum atomic E-state index is 14.9. The van der Waals surface area contributed by atoms with Crippen molar-refractivity contribution in [3.8, 4) is 6.07 Å². The summed E-state index contributed by atoms with van der Waals surface area (Å²) >= 11 is 0. The lowest BCUT2D eigenvalue weighted by molar-refractivity contribution is -0.570. The highest BCUT2D eigenvalue weighted by Gasteiger charge is 2.53. The molecule has 2 saturated heterocycles. The molecular weight excluding hydrogens is 521 g/mol. The SMILES string of the molecule is CC[N+]1=CC(F)CCCC(C)(CC)CC1C(C(=O)NC1CNCCC1C1CCN(C(=O)C2(C#N)CC2)CC1)C(N)N. The zero-order chi connectivity index (χ0) is 29.8. The predicted molar refractivity (Wildman–Crippen MR) is 158 cm³/mol. The zero-order valence-corrected chi connectivity index (χ0v) is 25.4. The van der Waals surface area contributed by atoms with Gasteiger partial charge in [0.25, 0.3) is 0 Å². The average Bonchev–Trinajstić information content (AvgIpc) is 3.76. The van der Waals surface area contributed by atoms with Crippen LogP contribution >= 0.6 is 0 Å². The second kappa shape index (κ2) is 13.5. The fourth-order valence-corrected chi connectivity index (χ4v) is 7.65. The predicted octanol–water partition coefficient (Wildman–Crippen LogP) is 2.28. The van der Waals surface area contributed by atoms with E-state index in [0.29, 0.717) is 51.4 Å². The molecule has 3 fully saturated rings. The molecule has 0 radical (unpaired) electrons. The number of halogens is 1. The minimum atomic E-state index is -1.05. The first-order chi connectivity index (χ1) is 19.6. The first-order valence-corrected chi connectivity index (χ1v) is 16.0. The summed E-state index contributed by atoms with van der Waals surface area (Å²) in [7, 11) is 0. The number of hydrogen-bond donors (Lipinski definition) is 4. The van der Waals surface area contributed by atoms with Gasteiger partial charge in [0, 0.05) is 32.1 Å². The Morgan fingerprint density at radius 3 is 2.49 bits per heavy atom. The van der Waals surface area contributed by atoms with Gasteiger partial charge in [0.2, 0.25) is 11.8 Å². The standard InChI is InChI=1S/C31H52FN7O2/c1-4-30(3)11-6-7-22(32)19-38(5-2)25(17-30)26(27(34)35)28(40)37-24-18-36-14-8-23(24)21-9-15-39(16-10-21)29(41)31(20-33)12-13-31/h19,21-27,36H,4-18,34-35H2,1-3H3/p+1. The van der Waals surface area contributed by atoms with Crippen LogP contribution < -0.4 is 22.1 Å². The molecule has 2 amide bonds. The number of nitrogens with one attached hydrogen (secondary N) is 2. The number of nitrogens with two attached hydrogens (primary N) is 2. The van der Waals surface area contributed by atoms with Crippen molar-refractivity contribution < 1.29 is 18.6 Å². The number of nitriles is 1. The molecule has 4 aliphatic rings. The van der Waals surface area contributed by atoms with Crippen LogP contribution in [-0.2, 0) is 9.59 Å². The Bertz CT molecular complexity index is 1000. The van der Waals surface area contributed by atoms with Crippen molar-refractivity contribution in [1.29, 1.82) is 5.26 Å². The Balaban J connectivity index is 1.48. The molecule has 0 spiro atoms. The van der Waals surface area contributed by atoms with E-state index in [1.807, 2.05) is 16.4 Å². The van der Waals surface area contributed by atoms with Crippen LogP contribution in [0.15, 0.2) is 0 Å². The van der Waals surface area contributed by atoms with Gasteiger partial charge in [0.1, 0.15) is 17.9 Å². The third-order valence-electron chi connectivity index (χ3n) is 10.8. The third-order valence-corrected chi connectivity index (χ3v) is 10.8. The summed E-state index contributed by atoms with van der Waals surface area (Å²) < 4.78 is 16.9. The summed E-state index contributed by atoms with van der Waals surface area (Å²) in [6.45, 7) is 9.88. The summed E-state index contributed by atoms with van der Waals surface area (Å²) in [5.74, 6) is -0.167. The van der Waals surface area contributed by atoms with Gasteiger partial charge in [-0.05, 0) is 82.1 Å². The number of carbonyl (C=O) groups excluding carboxylic acids is 2. The van der Waals surface area contributed by atoms with Crippen molar-refractivity contribution >= 4 is 18.0 Å². The van der Waals surface area contributed by atoms with Crippen molar-refractivity contribution in [3.63, 3.8) is 0 Å². The van der Waals surface area contributed by atoms with Gasteiger partial charge >= 0.3 is 0 Å². The van der Waals surface area contributed by atoms with Gasteiger partial charge < -0.3 is 27.0 Å². The van der Waals surface area contributed by atoms with E-state index in [1.54, 1.807) is 6.21 Å². The molecule has 0 aromatic rings. The Labute approximate surface area is 245 Å². The van der Waals surface area contributed by atoms with Crippen molar-refractivity contribution in [2.24, 2.45) is 40.1 Å². The van der Waals surface area contributed by atoms with Crippen LogP contribution in [-0.4, -0.2) is 84.6 Å². The van der Waals surface area contributed by atoms with E-state index < -0.39 is 23.7 Å². The molecule has 0 aromatic carbocycles. The van der Waals surface area contributed by atoms with Gasteiger partial charge in [0.05, 0.1) is 12.2 Å². The van der Waals surface area contributed by atoms with Crippen molar-refractivity contribution in [3.05, 3.63) is 0 Å². The Morgan fingerprint density at radius 2 is 1.90 bits per heavy atom. The van der Waals surface area contributed by atoms with Crippen LogP contribution in [0, 0.1) is 39.9 Å². The molecule has 0 bridgehead atoms.